The van der Waals surface area contributed by atoms with Gasteiger partial charge in [0.1, 0.15) is 17.8 Å². The fraction of sp³-hybridized carbons (Fsp3) is 0.308. The Kier molecular flexibility index (Phi) is 5.17. The zero-order valence-electron chi connectivity index (χ0n) is 18.0. The van der Waals surface area contributed by atoms with Crippen molar-refractivity contribution in [3.05, 3.63) is 64.5 Å². The summed E-state index contributed by atoms with van der Waals surface area (Å²) in [7, 11) is 0. The van der Waals surface area contributed by atoms with Gasteiger partial charge in [-0.3, -0.25) is 9.88 Å². The van der Waals surface area contributed by atoms with Crippen molar-refractivity contribution in [3.63, 3.8) is 0 Å². The maximum Gasteiger partial charge on any atom is 0.215 e. The van der Waals surface area contributed by atoms with Gasteiger partial charge in [0.2, 0.25) is 5.88 Å². The Morgan fingerprint density at radius 1 is 1.03 bits per heavy atom. The van der Waals surface area contributed by atoms with E-state index in [1.807, 2.05) is 30.3 Å². The van der Waals surface area contributed by atoms with Crippen LogP contribution in [0.3, 0.4) is 0 Å². The number of fused-ring (bicyclic) bond motifs is 3. The lowest BCUT2D eigenvalue weighted by atomic mass is 9.95. The molecule has 2 saturated heterocycles. The Morgan fingerprint density at radius 2 is 1.79 bits per heavy atom. The second kappa shape index (κ2) is 8.08. The Bertz CT molecular complexity index is 1380. The molecule has 4 heterocycles. The molecule has 0 spiro atoms. The van der Waals surface area contributed by atoms with Crippen molar-refractivity contribution in [3.8, 4) is 17.1 Å². The van der Waals surface area contributed by atoms with Gasteiger partial charge in [-0.05, 0) is 50.2 Å². The van der Waals surface area contributed by atoms with Crippen LogP contribution in [-0.2, 0) is 0 Å². The molecule has 2 fully saturated rings. The van der Waals surface area contributed by atoms with Crippen LogP contribution < -0.4 is 4.74 Å². The fourth-order valence-electron chi connectivity index (χ4n) is 5.51. The van der Waals surface area contributed by atoms with Gasteiger partial charge >= 0.3 is 0 Å². The molecule has 2 aromatic carbocycles. The van der Waals surface area contributed by atoms with Gasteiger partial charge < -0.3 is 4.74 Å². The molecule has 2 aromatic heterocycles. The summed E-state index contributed by atoms with van der Waals surface area (Å²) in [6.45, 7) is 2.78. The second-order valence-electron chi connectivity index (χ2n) is 8.98. The third-order valence-electron chi connectivity index (χ3n) is 7.13. The normalized spacial score (nSPS) is 17.7. The van der Waals surface area contributed by atoms with E-state index >= 15 is 4.39 Å². The van der Waals surface area contributed by atoms with E-state index in [9.17, 15) is 0 Å². The zero-order valence-corrected chi connectivity index (χ0v) is 19.5. The molecule has 0 N–H and O–H groups in total. The van der Waals surface area contributed by atoms with Crippen molar-refractivity contribution >= 4 is 44.9 Å². The molecule has 7 heteroatoms. The lowest BCUT2D eigenvalue weighted by molar-refractivity contribution is 0.111. The Balaban J connectivity index is 1.42. The van der Waals surface area contributed by atoms with Crippen LogP contribution in [0.1, 0.15) is 25.7 Å². The third-order valence-corrected chi connectivity index (χ3v) is 7.76. The molecule has 4 aromatic rings. The second-order valence-corrected chi connectivity index (χ2v) is 9.79. The van der Waals surface area contributed by atoms with E-state index in [0.29, 0.717) is 33.5 Å². The van der Waals surface area contributed by atoms with Crippen molar-refractivity contribution in [1.29, 1.82) is 0 Å². The summed E-state index contributed by atoms with van der Waals surface area (Å²) in [6.07, 6.45) is 6.19. The minimum absolute atomic E-state index is 0.0742. The van der Waals surface area contributed by atoms with Gasteiger partial charge in [-0.1, -0.05) is 53.5 Å². The molecule has 0 amide bonds. The minimum atomic E-state index is -0.534. The highest BCUT2D eigenvalue weighted by atomic mass is 35.5. The van der Waals surface area contributed by atoms with Gasteiger partial charge in [0.15, 0.2) is 5.82 Å². The molecule has 4 nitrogen and oxygen atoms in total. The monoisotopic (exact) mass is 481 g/mol. The Morgan fingerprint density at radius 3 is 2.58 bits per heavy atom. The van der Waals surface area contributed by atoms with Crippen LogP contribution in [0.5, 0.6) is 5.88 Å². The number of hydrogen-bond donors (Lipinski definition) is 0. The molecule has 2 aliphatic rings. The Labute approximate surface area is 201 Å². The van der Waals surface area contributed by atoms with Gasteiger partial charge in [-0.25, -0.2) is 9.37 Å². The first-order valence-electron chi connectivity index (χ1n) is 11.3. The number of aromatic nitrogens is 2. The predicted octanol–water partition coefficient (Wildman–Crippen LogP) is 6.90. The highest BCUT2D eigenvalue weighted by molar-refractivity contribution is 6.37. The van der Waals surface area contributed by atoms with E-state index in [1.54, 1.807) is 18.3 Å². The van der Waals surface area contributed by atoms with Crippen LogP contribution in [0.15, 0.2) is 48.7 Å². The maximum atomic E-state index is 15.8. The lowest BCUT2D eigenvalue weighted by Gasteiger charge is -2.31. The standard InChI is InChI=1S/C26H22Cl2FN3O/c27-19-8-2-6-16-5-1-7-17(22(16)19)24-23(29)25-18(14-30-24)20(28)13-21(31-25)33-15-26-9-3-11-32(26)12-4-10-26/h1-2,5-8,13-14H,3-4,9-12,15H2. The van der Waals surface area contributed by atoms with Crippen molar-refractivity contribution in [2.45, 2.75) is 31.2 Å². The average Bonchev–Trinajstić information content (AvgIpc) is 3.39. The van der Waals surface area contributed by atoms with Crippen LogP contribution >= 0.6 is 23.2 Å². The van der Waals surface area contributed by atoms with E-state index in [-0.39, 0.29) is 16.7 Å². The Hall–Kier alpha value is -2.47. The number of halogens is 3. The molecule has 2 aliphatic heterocycles. The van der Waals surface area contributed by atoms with Gasteiger partial charge in [0, 0.05) is 33.6 Å². The molecule has 6 rings (SSSR count). The first-order chi connectivity index (χ1) is 16.1. The molecular weight excluding hydrogens is 460 g/mol. The number of nitrogens with zero attached hydrogens (tertiary/aromatic N) is 3. The first-order valence-corrected chi connectivity index (χ1v) is 12.0. The SMILES string of the molecule is Fc1c(-c2cccc3cccc(Cl)c23)ncc2c(Cl)cc(OCC34CCCN3CCC4)nc12. The smallest absolute Gasteiger partial charge is 0.215 e. The topological polar surface area (TPSA) is 38.2 Å². The summed E-state index contributed by atoms with van der Waals surface area (Å²) in [6, 6.07) is 12.9. The van der Waals surface area contributed by atoms with E-state index < -0.39 is 5.82 Å². The molecule has 0 atom stereocenters. The molecule has 0 saturated carbocycles. The summed E-state index contributed by atoms with van der Waals surface area (Å²) in [5.74, 6) is -0.193. The van der Waals surface area contributed by atoms with E-state index in [4.69, 9.17) is 27.9 Å². The molecule has 0 bridgehead atoms. The van der Waals surface area contributed by atoms with Crippen molar-refractivity contribution in [1.82, 2.24) is 14.9 Å². The van der Waals surface area contributed by atoms with Gasteiger partial charge in [-0.2, -0.15) is 0 Å². The number of pyridine rings is 2. The highest BCUT2D eigenvalue weighted by Crippen LogP contribution is 2.40. The maximum absolute atomic E-state index is 15.8. The van der Waals surface area contributed by atoms with Crippen LogP contribution in [0.25, 0.3) is 32.9 Å². The molecule has 0 radical (unpaired) electrons. The van der Waals surface area contributed by atoms with Gasteiger partial charge in [0.25, 0.3) is 0 Å². The lowest BCUT2D eigenvalue weighted by Crippen LogP contribution is -2.43. The van der Waals surface area contributed by atoms with Crippen LogP contribution in [0.2, 0.25) is 10.0 Å². The van der Waals surface area contributed by atoms with E-state index in [1.165, 1.54) is 12.8 Å². The van der Waals surface area contributed by atoms with Crippen LogP contribution in [0.4, 0.5) is 4.39 Å². The quantitative estimate of drug-likeness (QED) is 0.317. The fourth-order valence-corrected chi connectivity index (χ4v) is 6.03. The van der Waals surface area contributed by atoms with Crippen molar-refractivity contribution in [2.75, 3.05) is 19.7 Å². The third kappa shape index (κ3) is 3.45. The number of ether oxygens (including phenoxy) is 1. The van der Waals surface area contributed by atoms with Crippen molar-refractivity contribution < 1.29 is 9.13 Å². The van der Waals surface area contributed by atoms with Gasteiger partial charge in [0.05, 0.1) is 10.6 Å². The molecule has 168 valence electrons. The van der Waals surface area contributed by atoms with E-state index in [2.05, 4.69) is 14.9 Å². The van der Waals surface area contributed by atoms with E-state index in [0.717, 1.165) is 36.7 Å². The summed E-state index contributed by atoms with van der Waals surface area (Å²) in [5, 5.41) is 3.05. The highest BCUT2D eigenvalue weighted by Gasteiger charge is 2.44. The predicted molar refractivity (Wildman–Crippen MR) is 131 cm³/mol. The number of rotatable bonds is 4. The molecular formula is C26H22Cl2FN3O. The first kappa shape index (κ1) is 21.1. The number of hydrogen-bond acceptors (Lipinski definition) is 4. The largest absolute Gasteiger partial charge is 0.476 e. The summed E-state index contributed by atoms with van der Waals surface area (Å²) in [5.41, 5.74) is 1.04. The van der Waals surface area contributed by atoms with Crippen LogP contribution in [-0.4, -0.2) is 40.1 Å². The van der Waals surface area contributed by atoms with Gasteiger partial charge in [-0.15, -0.1) is 0 Å². The molecule has 33 heavy (non-hydrogen) atoms. The minimum Gasteiger partial charge on any atom is -0.476 e. The zero-order chi connectivity index (χ0) is 22.6. The summed E-state index contributed by atoms with van der Waals surface area (Å²) < 4.78 is 22.0. The van der Waals surface area contributed by atoms with Crippen molar-refractivity contribution in [2.24, 2.45) is 0 Å². The van der Waals surface area contributed by atoms with Crippen LogP contribution in [0, 0.1) is 5.82 Å². The molecule has 0 aliphatic carbocycles. The molecule has 0 unspecified atom stereocenters. The summed E-state index contributed by atoms with van der Waals surface area (Å²) >= 11 is 13.0. The summed E-state index contributed by atoms with van der Waals surface area (Å²) in [4.78, 5) is 11.4. The number of benzene rings is 2. The average molecular weight is 482 g/mol.